The summed E-state index contributed by atoms with van der Waals surface area (Å²) in [7, 11) is 0. The van der Waals surface area contributed by atoms with Crippen LogP contribution in [0.2, 0.25) is 10.0 Å². The molecule has 0 spiro atoms. The van der Waals surface area contributed by atoms with Gasteiger partial charge >= 0.3 is 0 Å². The van der Waals surface area contributed by atoms with E-state index in [4.69, 9.17) is 23.2 Å². The normalized spacial score (nSPS) is 10.8. The summed E-state index contributed by atoms with van der Waals surface area (Å²) in [5.74, 6) is -0.282. The van der Waals surface area contributed by atoms with Crippen molar-refractivity contribution in [1.29, 1.82) is 0 Å². The van der Waals surface area contributed by atoms with Crippen molar-refractivity contribution >= 4 is 40.0 Å². The summed E-state index contributed by atoms with van der Waals surface area (Å²) in [4.78, 5) is 28.7. The summed E-state index contributed by atoms with van der Waals surface area (Å²) in [6.07, 6.45) is 1.31. The van der Waals surface area contributed by atoms with Crippen LogP contribution >= 0.6 is 23.2 Å². The summed E-state index contributed by atoms with van der Waals surface area (Å²) in [5.41, 5.74) is 0.986. The number of hydrogen-bond acceptors (Lipinski definition) is 3. The van der Waals surface area contributed by atoms with Crippen molar-refractivity contribution in [3.63, 3.8) is 0 Å². The number of halogens is 2. The van der Waals surface area contributed by atoms with E-state index in [9.17, 15) is 9.59 Å². The molecule has 122 valence electrons. The average molecular weight is 362 g/mol. The molecule has 7 heteroatoms. The second-order valence-corrected chi connectivity index (χ2v) is 6.07. The van der Waals surface area contributed by atoms with E-state index < -0.39 is 0 Å². The highest BCUT2D eigenvalue weighted by atomic mass is 35.5. The van der Waals surface area contributed by atoms with Gasteiger partial charge < -0.3 is 5.32 Å². The molecule has 3 rings (SSSR count). The molecule has 1 heterocycles. The molecule has 1 aromatic heterocycles. The summed E-state index contributed by atoms with van der Waals surface area (Å²) in [6, 6.07) is 12.5. The minimum Gasteiger partial charge on any atom is -0.350 e. The molecule has 0 saturated heterocycles. The van der Waals surface area contributed by atoms with Crippen LogP contribution in [0.4, 0.5) is 0 Å². The van der Waals surface area contributed by atoms with Gasteiger partial charge in [-0.1, -0.05) is 53.5 Å². The molecule has 0 unspecified atom stereocenters. The van der Waals surface area contributed by atoms with E-state index in [1.165, 1.54) is 23.0 Å². The highest BCUT2D eigenvalue weighted by Crippen LogP contribution is 2.23. The van der Waals surface area contributed by atoms with Crippen molar-refractivity contribution < 1.29 is 4.79 Å². The van der Waals surface area contributed by atoms with Gasteiger partial charge in [-0.15, -0.1) is 0 Å². The van der Waals surface area contributed by atoms with E-state index in [2.05, 4.69) is 10.3 Å². The molecule has 0 bridgehead atoms. The molecule has 0 radical (unpaired) electrons. The van der Waals surface area contributed by atoms with Crippen LogP contribution in [0.1, 0.15) is 5.56 Å². The van der Waals surface area contributed by atoms with Gasteiger partial charge in [-0.05, 0) is 17.7 Å². The fourth-order valence-corrected chi connectivity index (χ4v) is 2.86. The van der Waals surface area contributed by atoms with E-state index in [1.807, 2.05) is 30.3 Å². The van der Waals surface area contributed by atoms with Gasteiger partial charge in [-0.2, -0.15) is 0 Å². The minimum atomic E-state index is -0.362. The Bertz CT molecular complexity index is 955. The Morgan fingerprint density at radius 3 is 2.67 bits per heavy atom. The van der Waals surface area contributed by atoms with E-state index in [1.54, 1.807) is 0 Å². The molecule has 1 amide bonds. The predicted molar refractivity (Wildman–Crippen MR) is 94.3 cm³/mol. The van der Waals surface area contributed by atoms with Crippen LogP contribution in [0.15, 0.2) is 53.6 Å². The monoisotopic (exact) mass is 361 g/mol. The molecule has 0 fully saturated rings. The lowest BCUT2D eigenvalue weighted by atomic mass is 10.2. The summed E-state index contributed by atoms with van der Waals surface area (Å²) in [6.45, 7) is 0.270. The van der Waals surface area contributed by atoms with Gasteiger partial charge in [-0.3, -0.25) is 14.2 Å². The number of rotatable bonds is 4. The Balaban J connectivity index is 1.79. The van der Waals surface area contributed by atoms with Crippen LogP contribution in [0.25, 0.3) is 10.9 Å². The third-order valence-electron chi connectivity index (χ3n) is 3.49. The Kier molecular flexibility index (Phi) is 4.83. The van der Waals surface area contributed by atoms with Gasteiger partial charge in [0.25, 0.3) is 5.56 Å². The van der Waals surface area contributed by atoms with Crippen LogP contribution in [0.3, 0.4) is 0 Å². The van der Waals surface area contributed by atoms with Crippen molar-refractivity contribution in [3.8, 4) is 0 Å². The number of benzene rings is 2. The maximum absolute atomic E-state index is 12.5. The Morgan fingerprint density at radius 2 is 1.92 bits per heavy atom. The molecule has 1 N–H and O–H groups in total. The van der Waals surface area contributed by atoms with Crippen LogP contribution in [-0.2, 0) is 17.9 Å². The topological polar surface area (TPSA) is 64.0 Å². The molecule has 24 heavy (non-hydrogen) atoms. The lowest BCUT2D eigenvalue weighted by Crippen LogP contribution is -2.32. The maximum atomic E-state index is 12.5. The first-order valence-corrected chi connectivity index (χ1v) is 7.95. The Hall–Kier alpha value is -2.37. The van der Waals surface area contributed by atoms with Crippen molar-refractivity contribution in [3.05, 3.63) is 74.8 Å². The fourth-order valence-electron chi connectivity index (χ4n) is 2.31. The van der Waals surface area contributed by atoms with Gasteiger partial charge in [-0.25, -0.2) is 4.98 Å². The molecule has 2 aromatic carbocycles. The first kappa shape index (κ1) is 16.5. The lowest BCUT2D eigenvalue weighted by molar-refractivity contribution is -0.121. The second-order valence-electron chi connectivity index (χ2n) is 5.22. The van der Waals surface area contributed by atoms with Gasteiger partial charge in [0.05, 0.1) is 22.3 Å². The van der Waals surface area contributed by atoms with Crippen molar-refractivity contribution in [1.82, 2.24) is 14.9 Å². The molecule has 3 aromatic rings. The van der Waals surface area contributed by atoms with Crippen LogP contribution in [-0.4, -0.2) is 15.5 Å². The quantitative estimate of drug-likeness (QED) is 0.776. The number of carbonyl (C=O) groups is 1. The Morgan fingerprint density at radius 1 is 1.17 bits per heavy atom. The standard InChI is InChI=1S/C17H13Cl2N3O2/c18-12-6-13-16(14(19)7-12)21-10-22(17(13)24)9-15(23)20-8-11-4-2-1-3-5-11/h1-7,10H,8-9H2,(H,20,23). The molecular weight excluding hydrogens is 349 g/mol. The highest BCUT2D eigenvalue weighted by Gasteiger charge is 2.11. The molecule has 0 aliphatic rings. The molecule has 5 nitrogen and oxygen atoms in total. The zero-order valence-corrected chi connectivity index (χ0v) is 14.0. The minimum absolute atomic E-state index is 0.126. The summed E-state index contributed by atoms with van der Waals surface area (Å²) >= 11 is 12.0. The first-order chi connectivity index (χ1) is 11.5. The third kappa shape index (κ3) is 3.58. The number of amides is 1. The van der Waals surface area contributed by atoms with Crippen molar-refractivity contribution in [2.75, 3.05) is 0 Å². The summed E-state index contributed by atoms with van der Waals surface area (Å²) in [5, 5.41) is 3.70. The molecule has 0 atom stereocenters. The SMILES string of the molecule is O=C(Cn1cnc2c(Cl)cc(Cl)cc2c1=O)NCc1ccccc1. The van der Waals surface area contributed by atoms with Crippen LogP contribution in [0, 0.1) is 0 Å². The van der Waals surface area contributed by atoms with Gasteiger partial charge in [0.1, 0.15) is 6.54 Å². The largest absolute Gasteiger partial charge is 0.350 e. The molecular formula is C17H13Cl2N3O2. The lowest BCUT2D eigenvalue weighted by Gasteiger charge is -2.09. The maximum Gasteiger partial charge on any atom is 0.261 e. The number of nitrogens with zero attached hydrogens (tertiary/aromatic N) is 2. The molecule has 0 aliphatic heterocycles. The number of fused-ring (bicyclic) bond motifs is 1. The van der Waals surface area contributed by atoms with Crippen molar-refractivity contribution in [2.24, 2.45) is 0 Å². The third-order valence-corrected chi connectivity index (χ3v) is 4.00. The van der Waals surface area contributed by atoms with E-state index in [-0.39, 0.29) is 23.4 Å². The number of hydrogen-bond donors (Lipinski definition) is 1. The van der Waals surface area contributed by atoms with E-state index in [0.29, 0.717) is 22.1 Å². The number of carbonyl (C=O) groups excluding carboxylic acids is 1. The van der Waals surface area contributed by atoms with Gasteiger partial charge in [0, 0.05) is 11.6 Å². The number of nitrogens with one attached hydrogen (secondary N) is 1. The van der Waals surface area contributed by atoms with E-state index in [0.717, 1.165) is 5.56 Å². The Labute approximate surface area is 147 Å². The van der Waals surface area contributed by atoms with Gasteiger partial charge in [0.2, 0.25) is 5.91 Å². The highest BCUT2D eigenvalue weighted by molar-refractivity contribution is 6.38. The zero-order chi connectivity index (χ0) is 17.1. The van der Waals surface area contributed by atoms with Gasteiger partial charge in [0.15, 0.2) is 0 Å². The first-order valence-electron chi connectivity index (χ1n) is 7.19. The second kappa shape index (κ2) is 7.03. The zero-order valence-electron chi connectivity index (χ0n) is 12.5. The average Bonchev–Trinajstić information content (AvgIpc) is 2.57. The van der Waals surface area contributed by atoms with Crippen LogP contribution < -0.4 is 10.9 Å². The van der Waals surface area contributed by atoms with Crippen molar-refractivity contribution in [2.45, 2.75) is 13.1 Å². The number of aromatic nitrogens is 2. The van der Waals surface area contributed by atoms with Crippen LogP contribution in [0.5, 0.6) is 0 Å². The molecule has 0 aliphatic carbocycles. The summed E-state index contributed by atoms with van der Waals surface area (Å²) < 4.78 is 1.23. The predicted octanol–water partition coefficient (Wildman–Crippen LogP) is 3.02. The smallest absolute Gasteiger partial charge is 0.261 e. The fraction of sp³-hybridized carbons (Fsp3) is 0.118. The molecule has 0 saturated carbocycles. The van der Waals surface area contributed by atoms with E-state index >= 15 is 0 Å².